The van der Waals surface area contributed by atoms with Crippen LogP contribution >= 0.6 is 0 Å². The van der Waals surface area contributed by atoms with Crippen LogP contribution < -0.4 is 10.2 Å². The topological polar surface area (TPSA) is 44.3 Å². The van der Waals surface area contributed by atoms with E-state index < -0.39 is 0 Å². The lowest BCUT2D eigenvalue weighted by molar-refractivity contribution is 0.249. The lowest BCUT2D eigenvalue weighted by Gasteiger charge is -2.35. The van der Waals surface area contributed by atoms with E-state index in [0.29, 0.717) is 6.04 Å². The molecule has 1 saturated heterocycles. The molecule has 0 unspecified atom stereocenters. The zero-order chi connectivity index (χ0) is 13.9. The molecule has 5 heteroatoms. The number of anilines is 1. The van der Waals surface area contributed by atoms with Gasteiger partial charge in [-0.05, 0) is 39.8 Å². The van der Waals surface area contributed by atoms with Crippen molar-refractivity contribution in [2.45, 2.75) is 44.3 Å². The predicted molar refractivity (Wildman–Crippen MR) is 80.8 cm³/mol. The van der Waals surface area contributed by atoms with Crippen LogP contribution in [0.1, 0.15) is 31.4 Å². The molecule has 3 rings (SSSR count). The summed E-state index contributed by atoms with van der Waals surface area (Å²) in [5.41, 5.74) is 1.05. The number of hydrogen-bond acceptors (Lipinski definition) is 5. The van der Waals surface area contributed by atoms with Gasteiger partial charge in [0.2, 0.25) is 0 Å². The van der Waals surface area contributed by atoms with Crippen molar-refractivity contribution in [3.05, 3.63) is 18.1 Å². The van der Waals surface area contributed by atoms with Crippen LogP contribution in [0.2, 0.25) is 0 Å². The van der Waals surface area contributed by atoms with Gasteiger partial charge in [0, 0.05) is 31.7 Å². The maximum absolute atomic E-state index is 4.58. The first-order valence-corrected chi connectivity index (χ1v) is 7.68. The molecular formula is C15H25N5. The highest BCUT2D eigenvalue weighted by molar-refractivity contribution is 5.36. The van der Waals surface area contributed by atoms with Crippen LogP contribution in [0.5, 0.6) is 0 Å². The predicted octanol–water partition coefficient (Wildman–Crippen LogP) is 1.26. The highest BCUT2D eigenvalue weighted by Crippen LogP contribution is 2.20. The van der Waals surface area contributed by atoms with E-state index in [-0.39, 0.29) is 0 Å². The fraction of sp³-hybridized carbons (Fsp3) is 0.733. The van der Waals surface area contributed by atoms with Crippen LogP contribution in [-0.2, 0) is 6.54 Å². The lowest BCUT2D eigenvalue weighted by Crippen LogP contribution is -2.42. The standard InChI is InChI=1S/C15H25N5/c1-19(2)14-5-7-20(8-6-14)15-11-17-13(10-18-15)9-16-12-3-4-12/h10-12,14,16H,3-9H2,1-2H3. The van der Waals surface area contributed by atoms with Crippen molar-refractivity contribution in [2.24, 2.45) is 0 Å². The van der Waals surface area contributed by atoms with Gasteiger partial charge in [-0.2, -0.15) is 0 Å². The van der Waals surface area contributed by atoms with E-state index >= 15 is 0 Å². The van der Waals surface area contributed by atoms with Gasteiger partial charge < -0.3 is 15.1 Å². The molecule has 0 spiro atoms. The number of nitrogens with zero attached hydrogens (tertiary/aromatic N) is 4. The van der Waals surface area contributed by atoms with Gasteiger partial charge in [0.25, 0.3) is 0 Å². The van der Waals surface area contributed by atoms with Crippen molar-refractivity contribution in [3.8, 4) is 0 Å². The Labute approximate surface area is 121 Å². The summed E-state index contributed by atoms with van der Waals surface area (Å²) < 4.78 is 0. The summed E-state index contributed by atoms with van der Waals surface area (Å²) in [6, 6.07) is 1.43. The summed E-state index contributed by atoms with van der Waals surface area (Å²) in [7, 11) is 4.34. The average Bonchev–Trinajstić information content (AvgIpc) is 3.30. The van der Waals surface area contributed by atoms with Crippen LogP contribution in [0.25, 0.3) is 0 Å². The zero-order valence-electron chi connectivity index (χ0n) is 12.5. The third-order valence-electron chi connectivity index (χ3n) is 4.36. The molecule has 1 aliphatic carbocycles. The number of nitrogens with one attached hydrogen (secondary N) is 1. The average molecular weight is 275 g/mol. The summed E-state index contributed by atoms with van der Waals surface area (Å²) in [6.07, 6.45) is 8.89. The molecular weight excluding hydrogens is 250 g/mol. The SMILES string of the molecule is CN(C)C1CCN(c2cnc(CNC3CC3)cn2)CC1. The van der Waals surface area contributed by atoms with Gasteiger partial charge in [0.15, 0.2) is 0 Å². The fourth-order valence-corrected chi connectivity index (χ4v) is 2.75. The fourth-order valence-electron chi connectivity index (χ4n) is 2.75. The third-order valence-corrected chi connectivity index (χ3v) is 4.36. The van der Waals surface area contributed by atoms with Crippen molar-refractivity contribution in [3.63, 3.8) is 0 Å². The summed E-state index contributed by atoms with van der Waals surface area (Å²) in [5.74, 6) is 1.03. The monoisotopic (exact) mass is 275 g/mol. The van der Waals surface area contributed by atoms with Gasteiger partial charge in [-0.15, -0.1) is 0 Å². The van der Waals surface area contributed by atoms with E-state index in [1.54, 1.807) is 0 Å². The molecule has 2 fully saturated rings. The van der Waals surface area contributed by atoms with Crippen molar-refractivity contribution in [1.29, 1.82) is 0 Å². The molecule has 0 amide bonds. The maximum Gasteiger partial charge on any atom is 0.147 e. The van der Waals surface area contributed by atoms with Crippen molar-refractivity contribution in [2.75, 3.05) is 32.1 Å². The zero-order valence-corrected chi connectivity index (χ0v) is 12.5. The molecule has 1 aromatic heterocycles. The highest BCUT2D eigenvalue weighted by Gasteiger charge is 2.22. The highest BCUT2D eigenvalue weighted by atomic mass is 15.2. The van der Waals surface area contributed by atoms with Gasteiger partial charge in [0.05, 0.1) is 18.1 Å². The Morgan fingerprint density at radius 1 is 1.15 bits per heavy atom. The minimum absolute atomic E-state index is 0.709. The molecule has 0 bridgehead atoms. The maximum atomic E-state index is 4.58. The largest absolute Gasteiger partial charge is 0.355 e. The summed E-state index contributed by atoms with van der Waals surface area (Å²) in [5, 5.41) is 3.47. The summed E-state index contributed by atoms with van der Waals surface area (Å²) in [6.45, 7) is 3.01. The van der Waals surface area contributed by atoms with Crippen molar-refractivity contribution >= 4 is 5.82 Å². The number of aromatic nitrogens is 2. The van der Waals surface area contributed by atoms with Crippen LogP contribution in [0, 0.1) is 0 Å². The van der Waals surface area contributed by atoms with E-state index in [1.165, 1.54) is 25.7 Å². The van der Waals surface area contributed by atoms with E-state index in [0.717, 1.165) is 37.2 Å². The van der Waals surface area contributed by atoms with E-state index in [4.69, 9.17) is 0 Å². The minimum Gasteiger partial charge on any atom is -0.355 e. The molecule has 1 saturated carbocycles. The molecule has 20 heavy (non-hydrogen) atoms. The van der Waals surface area contributed by atoms with Gasteiger partial charge in [0.1, 0.15) is 5.82 Å². The Bertz CT molecular complexity index is 418. The third kappa shape index (κ3) is 3.46. The van der Waals surface area contributed by atoms with Crippen LogP contribution in [-0.4, -0.2) is 54.1 Å². The van der Waals surface area contributed by atoms with Crippen LogP contribution in [0.4, 0.5) is 5.82 Å². The second-order valence-corrected chi connectivity index (χ2v) is 6.20. The number of rotatable bonds is 5. The molecule has 0 aromatic carbocycles. The second-order valence-electron chi connectivity index (χ2n) is 6.20. The summed E-state index contributed by atoms with van der Waals surface area (Å²) in [4.78, 5) is 13.8. The molecule has 1 aromatic rings. The van der Waals surface area contributed by atoms with E-state index in [2.05, 4.69) is 39.2 Å². The Hall–Kier alpha value is -1.20. The van der Waals surface area contributed by atoms with Crippen molar-refractivity contribution < 1.29 is 0 Å². The lowest BCUT2D eigenvalue weighted by atomic mass is 10.0. The van der Waals surface area contributed by atoms with Crippen LogP contribution in [0.3, 0.4) is 0 Å². The molecule has 5 nitrogen and oxygen atoms in total. The molecule has 110 valence electrons. The van der Waals surface area contributed by atoms with Gasteiger partial charge in [-0.1, -0.05) is 0 Å². The van der Waals surface area contributed by atoms with Gasteiger partial charge in [-0.25, -0.2) is 4.98 Å². The molecule has 1 aliphatic heterocycles. The first-order chi connectivity index (χ1) is 9.72. The number of hydrogen-bond donors (Lipinski definition) is 1. The molecule has 0 atom stereocenters. The molecule has 2 heterocycles. The second kappa shape index (κ2) is 6.06. The normalized spacial score (nSPS) is 20.6. The van der Waals surface area contributed by atoms with Gasteiger partial charge in [-0.3, -0.25) is 4.98 Å². The first kappa shape index (κ1) is 13.8. The minimum atomic E-state index is 0.709. The Morgan fingerprint density at radius 2 is 1.90 bits per heavy atom. The van der Waals surface area contributed by atoms with Gasteiger partial charge >= 0.3 is 0 Å². The van der Waals surface area contributed by atoms with E-state index in [1.807, 2.05) is 12.4 Å². The first-order valence-electron chi connectivity index (χ1n) is 7.68. The van der Waals surface area contributed by atoms with E-state index in [9.17, 15) is 0 Å². The Balaban J connectivity index is 1.52. The molecule has 1 N–H and O–H groups in total. The Kier molecular flexibility index (Phi) is 4.17. The summed E-state index contributed by atoms with van der Waals surface area (Å²) >= 11 is 0. The Morgan fingerprint density at radius 3 is 2.45 bits per heavy atom. The van der Waals surface area contributed by atoms with Crippen molar-refractivity contribution in [1.82, 2.24) is 20.2 Å². The smallest absolute Gasteiger partial charge is 0.147 e. The molecule has 2 aliphatic rings. The quantitative estimate of drug-likeness (QED) is 0.876. The molecule has 0 radical (unpaired) electrons. The van der Waals surface area contributed by atoms with Crippen LogP contribution in [0.15, 0.2) is 12.4 Å². The number of piperidine rings is 1.